The van der Waals surface area contributed by atoms with Crippen molar-refractivity contribution in [3.8, 4) is 0 Å². The molecule has 0 spiro atoms. The van der Waals surface area contributed by atoms with Crippen molar-refractivity contribution in [2.24, 2.45) is 5.73 Å². The van der Waals surface area contributed by atoms with E-state index in [1.54, 1.807) is 4.90 Å². The maximum absolute atomic E-state index is 11.5. The largest absolute Gasteiger partial charge is 0.478 e. The van der Waals surface area contributed by atoms with Crippen molar-refractivity contribution >= 4 is 34.7 Å². The molecular weight excluding hydrogens is 296 g/mol. The van der Waals surface area contributed by atoms with Crippen molar-refractivity contribution in [2.75, 3.05) is 18.8 Å². The summed E-state index contributed by atoms with van der Waals surface area (Å²) in [5.74, 6) is -1.10. The van der Waals surface area contributed by atoms with Crippen molar-refractivity contribution in [3.05, 3.63) is 12.2 Å². The minimum Gasteiger partial charge on any atom is -0.478 e. The number of nitrogens with two attached hydrogens (primary N) is 1. The van der Waals surface area contributed by atoms with E-state index in [2.05, 4.69) is 5.73 Å². The molecule has 7 nitrogen and oxygen atoms in total. The van der Waals surface area contributed by atoms with E-state index in [0.717, 1.165) is 23.9 Å². The predicted molar refractivity (Wildman–Crippen MR) is 81.7 cm³/mol. The number of amides is 2. The third kappa shape index (κ3) is 16.1. The summed E-state index contributed by atoms with van der Waals surface area (Å²) in [5, 5.41) is 7.96. The Balaban J connectivity index is 0. The molecule has 0 aromatic heterocycles. The van der Waals surface area contributed by atoms with E-state index in [4.69, 9.17) is 5.11 Å². The number of carboxylic acid groups (broad SMARTS) is 1. The normalized spacial score (nSPS) is 9.67. The van der Waals surface area contributed by atoms with Crippen LogP contribution in [0.15, 0.2) is 12.2 Å². The van der Waals surface area contributed by atoms with Gasteiger partial charge in [0.25, 0.3) is 0 Å². The highest BCUT2D eigenvalue weighted by Gasteiger charge is 2.09. The molecule has 0 radical (unpaired) electrons. The molecule has 0 rings (SSSR count). The van der Waals surface area contributed by atoms with Crippen molar-refractivity contribution < 1.29 is 24.3 Å². The molecule has 0 heterocycles. The molecule has 0 fully saturated rings. The van der Waals surface area contributed by atoms with Gasteiger partial charge in [0.1, 0.15) is 0 Å². The van der Waals surface area contributed by atoms with Gasteiger partial charge in [0.05, 0.1) is 0 Å². The number of aliphatic carboxylic acids is 1. The Labute approximate surface area is 128 Å². The van der Waals surface area contributed by atoms with E-state index in [9.17, 15) is 19.2 Å². The number of carboxylic acids is 1. The van der Waals surface area contributed by atoms with Crippen LogP contribution < -0.4 is 5.73 Å². The van der Waals surface area contributed by atoms with Crippen LogP contribution in [0.1, 0.15) is 27.2 Å². The fourth-order valence-corrected chi connectivity index (χ4v) is 1.80. The molecule has 0 aliphatic rings. The summed E-state index contributed by atoms with van der Waals surface area (Å²) in [6, 6.07) is 0. The minimum atomic E-state index is -1.15. The van der Waals surface area contributed by atoms with E-state index in [1.165, 1.54) is 6.92 Å². The van der Waals surface area contributed by atoms with Crippen molar-refractivity contribution in [3.63, 3.8) is 0 Å². The van der Waals surface area contributed by atoms with E-state index in [0.29, 0.717) is 25.3 Å². The van der Waals surface area contributed by atoms with Crippen molar-refractivity contribution in [1.29, 1.82) is 0 Å². The molecule has 3 N–H and O–H groups in total. The van der Waals surface area contributed by atoms with Crippen LogP contribution in [0.4, 0.5) is 0 Å². The molecule has 120 valence electrons. The highest BCUT2D eigenvalue weighted by molar-refractivity contribution is 8.14. The zero-order valence-electron chi connectivity index (χ0n) is 12.5. The Bertz CT molecular complexity index is 388. The van der Waals surface area contributed by atoms with Gasteiger partial charge >= 0.3 is 5.97 Å². The maximum atomic E-state index is 11.5. The molecule has 2 amide bonds. The lowest BCUT2D eigenvalue weighted by Crippen LogP contribution is -2.30. The summed E-state index contributed by atoms with van der Waals surface area (Å²) in [6.07, 6.45) is 2.08. The molecule has 8 heteroatoms. The fraction of sp³-hybridized carbons (Fsp3) is 0.538. The molecule has 0 atom stereocenters. The quantitative estimate of drug-likeness (QED) is 0.665. The summed E-state index contributed by atoms with van der Waals surface area (Å²) in [6.45, 7) is 6.42. The maximum Gasteiger partial charge on any atom is 0.328 e. The van der Waals surface area contributed by atoms with Crippen LogP contribution in [0.2, 0.25) is 0 Å². The standard InChI is InChI=1S/C11H17NO4S.C2H5NO/c1-3-12(4-2)9(13)7-8-17-11(16)6-5-10(14)15;1-2(3)4/h5-6H,3-4,7-8H2,1-2H3,(H,14,15);1H3,(H2,3,4)/b6-5+;. The number of hydrogen-bond donors (Lipinski definition) is 2. The van der Waals surface area contributed by atoms with Gasteiger partial charge in [-0.05, 0) is 19.9 Å². The molecular formula is C13H22N2O5S. The van der Waals surface area contributed by atoms with Gasteiger partial charge in [-0.15, -0.1) is 0 Å². The second-order valence-corrected chi connectivity index (χ2v) is 4.87. The number of hydrogen-bond acceptors (Lipinski definition) is 5. The van der Waals surface area contributed by atoms with E-state index < -0.39 is 5.97 Å². The first-order chi connectivity index (χ1) is 9.74. The van der Waals surface area contributed by atoms with Crippen LogP contribution in [0, 0.1) is 0 Å². The molecule has 0 aliphatic heterocycles. The van der Waals surface area contributed by atoms with Crippen LogP contribution in [0.5, 0.6) is 0 Å². The van der Waals surface area contributed by atoms with Crippen LogP contribution in [0.3, 0.4) is 0 Å². The lowest BCUT2D eigenvalue weighted by Gasteiger charge is -2.17. The van der Waals surface area contributed by atoms with Crippen LogP contribution in [-0.4, -0.2) is 51.7 Å². The van der Waals surface area contributed by atoms with Crippen molar-refractivity contribution in [2.45, 2.75) is 27.2 Å². The van der Waals surface area contributed by atoms with E-state index >= 15 is 0 Å². The molecule has 21 heavy (non-hydrogen) atoms. The Morgan fingerprint density at radius 1 is 1.14 bits per heavy atom. The summed E-state index contributed by atoms with van der Waals surface area (Å²) < 4.78 is 0. The molecule has 0 aromatic rings. The summed E-state index contributed by atoms with van der Waals surface area (Å²) in [5.41, 5.74) is 4.47. The average molecular weight is 318 g/mol. The van der Waals surface area contributed by atoms with Gasteiger partial charge in [0.15, 0.2) is 0 Å². The lowest BCUT2D eigenvalue weighted by molar-refractivity contribution is -0.132. The van der Waals surface area contributed by atoms with E-state index in [1.807, 2.05) is 13.8 Å². The Hall–Kier alpha value is -1.83. The molecule has 0 bridgehead atoms. The molecule has 0 saturated heterocycles. The number of thioether (sulfide) groups is 1. The highest BCUT2D eigenvalue weighted by atomic mass is 32.2. The molecule has 0 aliphatic carbocycles. The fourth-order valence-electron chi connectivity index (χ4n) is 1.16. The Morgan fingerprint density at radius 3 is 2.00 bits per heavy atom. The number of nitrogens with zero attached hydrogens (tertiary/aromatic N) is 1. The van der Waals surface area contributed by atoms with Crippen LogP contribution in [0.25, 0.3) is 0 Å². The van der Waals surface area contributed by atoms with Gasteiger partial charge in [-0.3, -0.25) is 14.4 Å². The third-order valence-corrected chi connectivity index (χ3v) is 2.87. The topological polar surface area (TPSA) is 118 Å². The van der Waals surface area contributed by atoms with Crippen LogP contribution in [-0.2, 0) is 19.2 Å². The number of carbonyl (C=O) groups is 4. The van der Waals surface area contributed by atoms with Crippen molar-refractivity contribution in [1.82, 2.24) is 4.90 Å². The monoisotopic (exact) mass is 318 g/mol. The summed E-state index contributed by atoms with van der Waals surface area (Å²) in [7, 11) is 0. The van der Waals surface area contributed by atoms with Gasteiger partial charge in [-0.1, -0.05) is 11.8 Å². The molecule has 0 unspecified atom stereocenters. The van der Waals surface area contributed by atoms with Crippen LogP contribution >= 0.6 is 11.8 Å². The summed E-state index contributed by atoms with van der Waals surface area (Å²) in [4.78, 5) is 43.7. The second kappa shape index (κ2) is 13.2. The smallest absolute Gasteiger partial charge is 0.328 e. The van der Waals surface area contributed by atoms with Gasteiger partial charge in [-0.2, -0.15) is 0 Å². The number of primary amides is 1. The van der Waals surface area contributed by atoms with Gasteiger partial charge < -0.3 is 15.7 Å². The average Bonchev–Trinajstić information content (AvgIpc) is 2.37. The first-order valence-corrected chi connectivity index (χ1v) is 7.34. The summed E-state index contributed by atoms with van der Waals surface area (Å²) >= 11 is 0.949. The number of rotatable bonds is 7. The predicted octanol–water partition coefficient (Wildman–Crippen LogP) is 0.637. The second-order valence-electron chi connectivity index (χ2n) is 3.77. The molecule has 0 aromatic carbocycles. The third-order valence-electron chi connectivity index (χ3n) is 2.04. The molecule has 0 saturated carbocycles. The minimum absolute atomic E-state index is 0.0116. The van der Waals surface area contributed by atoms with Gasteiger partial charge in [0, 0.05) is 38.3 Å². The van der Waals surface area contributed by atoms with Gasteiger partial charge in [0.2, 0.25) is 16.9 Å². The zero-order valence-corrected chi connectivity index (χ0v) is 13.3. The highest BCUT2D eigenvalue weighted by Crippen LogP contribution is 2.07. The first kappa shape index (κ1) is 21.5. The zero-order chi connectivity index (χ0) is 16.8. The first-order valence-electron chi connectivity index (χ1n) is 6.36. The SMILES string of the molecule is CC(N)=O.CCN(CC)C(=O)CCSC(=O)/C=C/C(=O)O. The van der Waals surface area contributed by atoms with E-state index in [-0.39, 0.29) is 16.9 Å². The lowest BCUT2D eigenvalue weighted by atomic mass is 10.4. The Morgan fingerprint density at radius 2 is 1.62 bits per heavy atom. The number of carbonyl (C=O) groups excluding carboxylic acids is 3. The van der Waals surface area contributed by atoms with Gasteiger partial charge in [-0.25, -0.2) is 4.79 Å². The Kier molecular flexibility index (Phi) is 13.5.